The molecule has 0 saturated carbocycles. The van der Waals surface area contributed by atoms with E-state index in [0.717, 1.165) is 5.56 Å². The molecule has 5 heteroatoms. The molecular formula is C15H15ClN2O2. The van der Waals surface area contributed by atoms with Gasteiger partial charge in [0.1, 0.15) is 5.82 Å². The Bertz CT molecular complexity index is 582. The molecule has 2 rings (SSSR count). The molecule has 4 nitrogen and oxygen atoms in total. The van der Waals surface area contributed by atoms with Gasteiger partial charge in [-0.2, -0.15) is 0 Å². The smallest absolute Gasteiger partial charge is 0.228 e. The number of benzene rings is 1. The lowest BCUT2D eigenvalue weighted by Gasteiger charge is -2.11. The maximum Gasteiger partial charge on any atom is 0.228 e. The fraction of sp³-hybridized carbons (Fsp3) is 0.200. The fourth-order valence-corrected chi connectivity index (χ4v) is 1.84. The van der Waals surface area contributed by atoms with Crippen LogP contribution in [0.1, 0.15) is 23.7 Å². The van der Waals surface area contributed by atoms with Gasteiger partial charge in [-0.15, -0.1) is 0 Å². The minimum Gasteiger partial charge on any atom is -0.388 e. The van der Waals surface area contributed by atoms with Crippen molar-refractivity contribution in [2.75, 3.05) is 5.32 Å². The Morgan fingerprint density at radius 2 is 2.00 bits per heavy atom. The summed E-state index contributed by atoms with van der Waals surface area (Å²) >= 11 is 5.77. The lowest BCUT2D eigenvalue weighted by Crippen LogP contribution is -2.16. The van der Waals surface area contributed by atoms with Gasteiger partial charge in [0.05, 0.1) is 12.5 Å². The number of halogens is 1. The van der Waals surface area contributed by atoms with Gasteiger partial charge in [-0.05, 0) is 36.2 Å². The number of aliphatic hydroxyl groups excluding tert-OH is 1. The number of nitrogens with one attached hydrogen (secondary N) is 1. The van der Waals surface area contributed by atoms with Crippen LogP contribution in [0.25, 0.3) is 0 Å². The number of hydrogen-bond acceptors (Lipinski definition) is 3. The van der Waals surface area contributed by atoms with E-state index >= 15 is 0 Å². The van der Waals surface area contributed by atoms with Crippen LogP contribution in [0.15, 0.2) is 42.6 Å². The topological polar surface area (TPSA) is 62.2 Å². The largest absolute Gasteiger partial charge is 0.388 e. The number of aliphatic hydroxyl groups is 1. The summed E-state index contributed by atoms with van der Waals surface area (Å²) in [4.78, 5) is 15.9. The second-order valence-corrected chi connectivity index (χ2v) is 4.98. The third kappa shape index (κ3) is 4.05. The van der Waals surface area contributed by atoms with E-state index in [1.807, 2.05) is 13.0 Å². The van der Waals surface area contributed by atoms with Gasteiger partial charge in [-0.1, -0.05) is 29.8 Å². The summed E-state index contributed by atoms with van der Waals surface area (Å²) in [6, 6.07) is 10.3. The predicted octanol–water partition coefficient (Wildman–Crippen LogP) is 3.11. The van der Waals surface area contributed by atoms with Crippen LogP contribution < -0.4 is 5.32 Å². The molecule has 1 aromatic carbocycles. The molecule has 1 amide bonds. The molecule has 0 spiro atoms. The quantitative estimate of drug-likeness (QED) is 0.909. The average Bonchev–Trinajstić information content (AvgIpc) is 2.42. The third-order valence-corrected chi connectivity index (χ3v) is 3.06. The van der Waals surface area contributed by atoms with Gasteiger partial charge in [-0.25, -0.2) is 4.98 Å². The number of amides is 1. The highest BCUT2D eigenvalue weighted by Crippen LogP contribution is 2.19. The van der Waals surface area contributed by atoms with Gasteiger partial charge < -0.3 is 10.4 Å². The zero-order chi connectivity index (χ0) is 14.5. The first-order chi connectivity index (χ1) is 9.54. The summed E-state index contributed by atoms with van der Waals surface area (Å²) in [5.41, 5.74) is 1.67. The van der Waals surface area contributed by atoms with E-state index in [1.165, 1.54) is 0 Å². The number of pyridine rings is 1. The number of anilines is 1. The maximum absolute atomic E-state index is 11.8. The normalized spacial score (nSPS) is 11.9. The Morgan fingerprint density at radius 1 is 1.30 bits per heavy atom. The first kappa shape index (κ1) is 14.5. The summed E-state index contributed by atoms with van der Waals surface area (Å²) < 4.78 is 0. The van der Waals surface area contributed by atoms with Crippen LogP contribution in [0.2, 0.25) is 5.02 Å². The molecule has 2 aromatic rings. The lowest BCUT2D eigenvalue weighted by atomic mass is 10.1. The van der Waals surface area contributed by atoms with E-state index in [9.17, 15) is 9.90 Å². The number of nitrogens with zero attached hydrogens (tertiary/aromatic N) is 1. The molecule has 0 bridgehead atoms. The van der Waals surface area contributed by atoms with Gasteiger partial charge in [0.25, 0.3) is 0 Å². The molecule has 2 N–H and O–H groups in total. The van der Waals surface area contributed by atoms with Gasteiger partial charge in [0.15, 0.2) is 0 Å². The van der Waals surface area contributed by atoms with Crippen LogP contribution in [-0.2, 0) is 4.79 Å². The Balaban J connectivity index is 1.93. The Kier molecular flexibility index (Phi) is 4.71. The molecule has 0 saturated heterocycles. The Hall–Kier alpha value is -1.91. The average molecular weight is 291 g/mol. The van der Waals surface area contributed by atoms with Crippen molar-refractivity contribution in [3.05, 3.63) is 58.7 Å². The van der Waals surface area contributed by atoms with Crippen molar-refractivity contribution < 1.29 is 9.90 Å². The molecule has 0 aliphatic carbocycles. The molecule has 1 unspecified atom stereocenters. The number of aryl methyl sites for hydroxylation is 1. The number of carbonyl (C=O) groups is 1. The highest BCUT2D eigenvalue weighted by molar-refractivity contribution is 6.30. The highest BCUT2D eigenvalue weighted by Gasteiger charge is 2.13. The second-order valence-electron chi connectivity index (χ2n) is 4.54. The number of aromatic nitrogens is 1. The van der Waals surface area contributed by atoms with Crippen molar-refractivity contribution in [3.8, 4) is 0 Å². The van der Waals surface area contributed by atoms with Gasteiger partial charge in [0.2, 0.25) is 5.91 Å². The predicted molar refractivity (Wildman–Crippen MR) is 78.6 cm³/mol. The van der Waals surface area contributed by atoms with Crippen LogP contribution in [0, 0.1) is 6.92 Å². The first-order valence-corrected chi connectivity index (χ1v) is 6.58. The van der Waals surface area contributed by atoms with E-state index in [4.69, 9.17) is 11.6 Å². The number of carbonyl (C=O) groups excluding carboxylic acids is 1. The second kappa shape index (κ2) is 6.50. The minimum atomic E-state index is -0.863. The molecule has 0 radical (unpaired) electrons. The zero-order valence-corrected chi connectivity index (χ0v) is 11.8. The van der Waals surface area contributed by atoms with E-state index in [2.05, 4.69) is 10.3 Å². The lowest BCUT2D eigenvalue weighted by molar-refractivity contribution is -0.118. The fourth-order valence-electron chi connectivity index (χ4n) is 1.71. The van der Waals surface area contributed by atoms with E-state index in [-0.39, 0.29) is 12.3 Å². The Morgan fingerprint density at radius 3 is 2.60 bits per heavy atom. The summed E-state index contributed by atoms with van der Waals surface area (Å²) in [5.74, 6) is 0.188. The molecule has 1 aromatic heterocycles. The van der Waals surface area contributed by atoms with E-state index < -0.39 is 6.10 Å². The van der Waals surface area contributed by atoms with Crippen molar-refractivity contribution in [2.45, 2.75) is 19.4 Å². The molecule has 0 fully saturated rings. The molecule has 1 atom stereocenters. The van der Waals surface area contributed by atoms with Crippen molar-refractivity contribution >= 4 is 23.3 Å². The number of hydrogen-bond donors (Lipinski definition) is 2. The molecule has 0 aliphatic heterocycles. The summed E-state index contributed by atoms with van der Waals surface area (Å²) in [5, 5.41) is 13.2. The van der Waals surface area contributed by atoms with Crippen LogP contribution in [0.3, 0.4) is 0 Å². The highest BCUT2D eigenvalue weighted by atomic mass is 35.5. The van der Waals surface area contributed by atoms with Crippen LogP contribution in [0.5, 0.6) is 0 Å². The standard InChI is InChI=1S/C15H15ClN2O2/c1-10-2-7-14(17-9-10)18-15(20)8-13(19)11-3-5-12(16)6-4-11/h2-7,9,13,19H,8H2,1H3,(H,17,18,20). The molecule has 1 heterocycles. The third-order valence-electron chi connectivity index (χ3n) is 2.81. The van der Waals surface area contributed by atoms with Gasteiger partial charge >= 0.3 is 0 Å². The molecule has 20 heavy (non-hydrogen) atoms. The molecular weight excluding hydrogens is 276 g/mol. The van der Waals surface area contributed by atoms with Crippen LogP contribution in [-0.4, -0.2) is 16.0 Å². The van der Waals surface area contributed by atoms with Gasteiger partial charge in [0, 0.05) is 11.2 Å². The number of rotatable bonds is 4. The maximum atomic E-state index is 11.8. The van der Waals surface area contributed by atoms with E-state index in [1.54, 1.807) is 36.5 Å². The van der Waals surface area contributed by atoms with Crippen molar-refractivity contribution in [1.82, 2.24) is 4.98 Å². The minimum absolute atomic E-state index is 0.0306. The van der Waals surface area contributed by atoms with Crippen LogP contribution >= 0.6 is 11.6 Å². The first-order valence-electron chi connectivity index (χ1n) is 6.20. The SMILES string of the molecule is Cc1ccc(NC(=O)CC(O)c2ccc(Cl)cc2)nc1. The van der Waals surface area contributed by atoms with Crippen molar-refractivity contribution in [1.29, 1.82) is 0 Å². The molecule has 104 valence electrons. The van der Waals surface area contributed by atoms with E-state index in [0.29, 0.717) is 16.4 Å². The zero-order valence-electron chi connectivity index (χ0n) is 11.0. The Labute approximate surface area is 122 Å². The van der Waals surface area contributed by atoms with Crippen molar-refractivity contribution in [3.63, 3.8) is 0 Å². The monoisotopic (exact) mass is 290 g/mol. The van der Waals surface area contributed by atoms with Gasteiger partial charge in [-0.3, -0.25) is 4.79 Å². The van der Waals surface area contributed by atoms with Crippen molar-refractivity contribution in [2.24, 2.45) is 0 Å². The summed E-state index contributed by atoms with van der Waals surface area (Å²) in [6.07, 6.45) is 0.778. The summed E-state index contributed by atoms with van der Waals surface area (Å²) in [6.45, 7) is 1.92. The molecule has 0 aliphatic rings. The summed E-state index contributed by atoms with van der Waals surface area (Å²) in [7, 11) is 0. The van der Waals surface area contributed by atoms with Crippen LogP contribution in [0.4, 0.5) is 5.82 Å².